The van der Waals surface area contributed by atoms with Crippen LogP contribution in [-0.4, -0.2) is 25.9 Å². The SMILES string of the molecule is O=C1CN(c2ccc(S(=O)(=O)c3ccc([N+](=O)[O-])cc3)cc2)NO1. The van der Waals surface area contributed by atoms with Crippen LogP contribution < -0.4 is 10.6 Å². The number of non-ortho nitro benzene ring substituents is 1. The standard InChI is InChI=1S/C14H11N3O6S/c18-14-9-16(15-23-14)10-1-5-12(6-2-10)24(21,22)13-7-3-11(4-8-13)17(19)20/h1-8,15H,9H2. The van der Waals surface area contributed by atoms with Gasteiger partial charge in [-0.3, -0.25) is 15.1 Å². The molecular formula is C14H11N3O6S. The van der Waals surface area contributed by atoms with Crippen LogP contribution in [0, 0.1) is 10.1 Å². The van der Waals surface area contributed by atoms with E-state index in [0.29, 0.717) is 5.69 Å². The topological polar surface area (TPSA) is 119 Å². The van der Waals surface area contributed by atoms with E-state index < -0.39 is 20.7 Å². The lowest BCUT2D eigenvalue weighted by Crippen LogP contribution is -2.29. The van der Waals surface area contributed by atoms with Gasteiger partial charge < -0.3 is 4.84 Å². The van der Waals surface area contributed by atoms with Gasteiger partial charge in [-0.05, 0) is 36.4 Å². The molecule has 1 saturated heterocycles. The first-order valence-corrected chi connectivity index (χ1v) is 8.19. The molecule has 24 heavy (non-hydrogen) atoms. The zero-order chi connectivity index (χ0) is 17.3. The van der Waals surface area contributed by atoms with Crippen molar-refractivity contribution in [1.82, 2.24) is 5.59 Å². The predicted molar refractivity (Wildman–Crippen MR) is 81.6 cm³/mol. The minimum atomic E-state index is -3.79. The van der Waals surface area contributed by atoms with E-state index in [1.807, 2.05) is 0 Å². The summed E-state index contributed by atoms with van der Waals surface area (Å²) in [7, 11) is -3.79. The van der Waals surface area contributed by atoms with Crippen LogP contribution >= 0.6 is 0 Å². The first-order valence-electron chi connectivity index (χ1n) is 6.70. The molecular weight excluding hydrogens is 338 g/mol. The van der Waals surface area contributed by atoms with Gasteiger partial charge in [-0.15, -0.1) is 0 Å². The molecule has 2 aromatic rings. The summed E-state index contributed by atoms with van der Waals surface area (Å²) >= 11 is 0. The number of hydrazine groups is 1. The Balaban J connectivity index is 1.87. The quantitative estimate of drug-likeness (QED) is 0.646. The van der Waals surface area contributed by atoms with Crippen LogP contribution in [0.4, 0.5) is 11.4 Å². The molecule has 0 atom stereocenters. The van der Waals surface area contributed by atoms with Gasteiger partial charge in [-0.1, -0.05) is 5.59 Å². The highest BCUT2D eigenvalue weighted by Crippen LogP contribution is 2.25. The monoisotopic (exact) mass is 349 g/mol. The number of sulfone groups is 1. The zero-order valence-electron chi connectivity index (χ0n) is 12.1. The number of hydrogen-bond acceptors (Lipinski definition) is 8. The van der Waals surface area contributed by atoms with Crippen molar-refractivity contribution in [3.8, 4) is 0 Å². The molecule has 0 amide bonds. The fraction of sp³-hybridized carbons (Fsp3) is 0.0714. The van der Waals surface area contributed by atoms with Crippen molar-refractivity contribution in [2.45, 2.75) is 9.79 Å². The minimum Gasteiger partial charge on any atom is -0.349 e. The maximum atomic E-state index is 12.5. The molecule has 1 aliphatic heterocycles. The number of nitro benzene ring substituents is 1. The number of carbonyl (C=O) groups excluding carboxylic acids is 1. The molecule has 9 nitrogen and oxygen atoms in total. The maximum Gasteiger partial charge on any atom is 0.347 e. The molecule has 0 unspecified atom stereocenters. The lowest BCUT2D eigenvalue weighted by atomic mass is 10.3. The second-order valence-electron chi connectivity index (χ2n) is 4.90. The number of hydrogen-bond donors (Lipinski definition) is 1. The van der Waals surface area contributed by atoms with E-state index in [1.165, 1.54) is 41.4 Å². The summed E-state index contributed by atoms with van der Waals surface area (Å²) < 4.78 is 25.0. The van der Waals surface area contributed by atoms with Gasteiger partial charge in [0.05, 0.1) is 20.4 Å². The van der Waals surface area contributed by atoms with Gasteiger partial charge >= 0.3 is 5.97 Å². The van der Waals surface area contributed by atoms with Crippen LogP contribution in [0.2, 0.25) is 0 Å². The van der Waals surface area contributed by atoms with Crippen molar-refractivity contribution in [2.75, 3.05) is 11.6 Å². The molecule has 0 bridgehead atoms. The van der Waals surface area contributed by atoms with Gasteiger partial charge in [0, 0.05) is 12.1 Å². The van der Waals surface area contributed by atoms with E-state index in [4.69, 9.17) is 0 Å². The van der Waals surface area contributed by atoms with Crippen molar-refractivity contribution in [1.29, 1.82) is 0 Å². The number of benzene rings is 2. The summed E-state index contributed by atoms with van der Waals surface area (Å²) in [6, 6.07) is 10.5. The van der Waals surface area contributed by atoms with E-state index >= 15 is 0 Å². The number of nitro groups is 1. The van der Waals surface area contributed by atoms with Crippen molar-refractivity contribution in [3.05, 3.63) is 58.6 Å². The zero-order valence-corrected chi connectivity index (χ0v) is 12.9. The summed E-state index contributed by atoms with van der Waals surface area (Å²) in [6.07, 6.45) is 0. The molecule has 0 radical (unpaired) electrons. The van der Waals surface area contributed by atoms with Crippen LogP contribution in [0.15, 0.2) is 58.3 Å². The van der Waals surface area contributed by atoms with E-state index in [0.717, 1.165) is 12.1 Å². The smallest absolute Gasteiger partial charge is 0.347 e. The Morgan fingerprint density at radius 1 is 1.04 bits per heavy atom. The fourth-order valence-electron chi connectivity index (χ4n) is 2.13. The maximum absolute atomic E-state index is 12.5. The average molecular weight is 349 g/mol. The number of anilines is 1. The number of rotatable bonds is 4. The van der Waals surface area contributed by atoms with Gasteiger partial charge in [0.25, 0.3) is 5.69 Å². The highest BCUT2D eigenvalue weighted by atomic mass is 32.2. The largest absolute Gasteiger partial charge is 0.349 e. The summed E-state index contributed by atoms with van der Waals surface area (Å²) in [5, 5.41) is 12.1. The summed E-state index contributed by atoms with van der Waals surface area (Å²) in [6.45, 7) is 0.00838. The van der Waals surface area contributed by atoms with Gasteiger partial charge in [0.2, 0.25) is 9.84 Å². The van der Waals surface area contributed by atoms with Crippen molar-refractivity contribution < 1.29 is 23.0 Å². The third kappa shape index (κ3) is 2.92. The van der Waals surface area contributed by atoms with Crippen LogP contribution in [0.1, 0.15) is 0 Å². The van der Waals surface area contributed by atoms with E-state index in [1.54, 1.807) is 0 Å². The van der Waals surface area contributed by atoms with Gasteiger partial charge in [-0.25, -0.2) is 13.2 Å². The number of carbonyl (C=O) groups is 1. The third-order valence-corrected chi connectivity index (χ3v) is 5.16. The van der Waals surface area contributed by atoms with Crippen molar-refractivity contribution in [3.63, 3.8) is 0 Å². The van der Waals surface area contributed by atoms with E-state index in [2.05, 4.69) is 10.4 Å². The molecule has 10 heteroatoms. The Morgan fingerprint density at radius 3 is 2.04 bits per heavy atom. The van der Waals surface area contributed by atoms with E-state index in [9.17, 15) is 23.3 Å². The normalized spacial score (nSPS) is 14.5. The van der Waals surface area contributed by atoms with Gasteiger partial charge in [-0.2, -0.15) is 0 Å². The van der Waals surface area contributed by atoms with Crippen LogP contribution in [-0.2, 0) is 19.5 Å². The van der Waals surface area contributed by atoms with Crippen molar-refractivity contribution >= 4 is 27.2 Å². The summed E-state index contributed by atoms with van der Waals surface area (Å²) in [5.74, 6) is -0.447. The summed E-state index contributed by atoms with van der Waals surface area (Å²) in [5.41, 5.74) is 2.77. The summed E-state index contributed by atoms with van der Waals surface area (Å²) in [4.78, 5) is 25.6. The first-order chi connectivity index (χ1) is 11.4. The lowest BCUT2D eigenvalue weighted by Gasteiger charge is -2.14. The molecule has 0 aliphatic carbocycles. The van der Waals surface area contributed by atoms with Crippen LogP contribution in [0.25, 0.3) is 0 Å². The molecule has 1 aliphatic rings. The van der Waals surface area contributed by atoms with Gasteiger partial charge in [0.15, 0.2) is 0 Å². The molecule has 1 fully saturated rings. The molecule has 0 aromatic heterocycles. The van der Waals surface area contributed by atoms with Crippen LogP contribution in [0.5, 0.6) is 0 Å². The lowest BCUT2D eigenvalue weighted by molar-refractivity contribution is -0.384. The second-order valence-corrected chi connectivity index (χ2v) is 6.85. The number of nitrogens with zero attached hydrogens (tertiary/aromatic N) is 2. The minimum absolute atomic E-state index is 0.00838. The average Bonchev–Trinajstić information content (AvgIpc) is 3.01. The Labute approximate surface area is 136 Å². The van der Waals surface area contributed by atoms with Crippen LogP contribution in [0.3, 0.4) is 0 Å². The molecule has 3 rings (SSSR count). The first kappa shape index (κ1) is 15.9. The predicted octanol–water partition coefficient (Wildman–Crippen LogP) is 1.21. The Hall–Kier alpha value is -2.98. The molecule has 0 spiro atoms. The molecule has 1 heterocycles. The Kier molecular flexibility index (Phi) is 3.91. The highest BCUT2D eigenvalue weighted by Gasteiger charge is 2.23. The Bertz CT molecular complexity index is 893. The van der Waals surface area contributed by atoms with Gasteiger partial charge in [0.1, 0.15) is 6.54 Å². The molecule has 1 N–H and O–H groups in total. The molecule has 0 saturated carbocycles. The Morgan fingerprint density at radius 2 is 1.58 bits per heavy atom. The fourth-order valence-corrected chi connectivity index (χ4v) is 3.39. The van der Waals surface area contributed by atoms with E-state index in [-0.39, 0.29) is 22.0 Å². The molecule has 2 aromatic carbocycles. The second kappa shape index (κ2) is 5.91. The third-order valence-electron chi connectivity index (χ3n) is 3.37. The highest BCUT2D eigenvalue weighted by molar-refractivity contribution is 7.91. The van der Waals surface area contributed by atoms with Crippen molar-refractivity contribution in [2.24, 2.45) is 0 Å². The number of nitrogens with one attached hydrogen (secondary N) is 1. The molecule has 124 valence electrons.